The van der Waals surface area contributed by atoms with Gasteiger partial charge in [0, 0.05) is 37.6 Å². The van der Waals surface area contributed by atoms with Crippen LogP contribution in [-0.2, 0) is 0 Å². The lowest BCUT2D eigenvalue weighted by Crippen LogP contribution is -2.43. The summed E-state index contributed by atoms with van der Waals surface area (Å²) < 4.78 is 0. The van der Waals surface area contributed by atoms with Crippen LogP contribution in [0, 0.1) is 6.92 Å². The predicted molar refractivity (Wildman–Crippen MR) is 88.8 cm³/mol. The highest BCUT2D eigenvalue weighted by atomic mass is 35.5. The van der Waals surface area contributed by atoms with Crippen LogP contribution < -0.4 is 15.5 Å². The van der Waals surface area contributed by atoms with Gasteiger partial charge in [-0.05, 0) is 42.8 Å². The van der Waals surface area contributed by atoms with Crippen molar-refractivity contribution in [2.75, 3.05) is 36.4 Å². The maximum absolute atomic E-state index is 6.04. The molecule has 1 aromatic carbocycles. The van der Waals surface area contributed by atoms with E-state index < -0.39 is 0 Å². The number of pyridine rings is 1. The van der Waals surface area contributed by atoms with E-state index in [2.05, 4.69) is 44.8 Å². The zero-order valence-corrected chi connectivity index (χ0v) is 12.8. The quantitative estimate of drug-likeness (QED) is 0.854. The van der Waals surface area contributed by atoms with Gasteiger partial charge < -0.3 is 15.5 Å². The lowest BCUT2D eigenvalue weighted by atomic mass is 10.2. The molecule has 3 rings (SSSR count). The first kappa shape index (κ1) is 14.2. The second-order valence-corrected chi connectivity index (χ2v) is 5.57. The molecule has 110 valence electrons. The fourth-order valence-corrected chi connectivity index (χ4v) is 2.55. The summed E-state index contributed by atoms with van der Waals surface area (Å²) >= 11 is 6.04. The predicted octanol–water partition coefficient (Wildman–Crippen LogP) is 3.20. The molecule has 1 aliphatic rings. The average Bonchev–Trinajstić information content (AvgIpc) is 2.53. The molecule has 1 saturated heterocycles. The summed E-state index contributed by atoms with van der Waals surface area (Å²) in [4.78, 5) is 6.71. The Morgan fingerprint density at radius 1 is 1.10 bits per heavy atom. The molecule has 0 spiro atoms. The summed E-state index contributed by atoms with van der Waals surface area (Å²) in [5.74, 6) is 0.764. The number of nitrogens with zero attached hydrogens (tertiary/aromatic N) is 2. The molecule has 0 aliphatic carbocycles. The minimum atomic E-state index is 0.539. The van der Waals surface area contributed by atoms with Gasteiger partial charge in [-0.15, -0.1) is 0 Å². The van der Waals surface area contributed by atoms with Crippen molar-refractivity contribution in [1.82, 2.24) is 10.3 Å². The van der Waals surface area contributed by atoms with E-state index in [1.165, 1.54) is 5.69 Å². The Bertz CT molecular complexity index is 606. The van der Waals surface area contributed by atoms with E-state index in [-0.39, 0.29) is 0 Å². The lowest BCUT2D eigenvalue weighted by Gasteiger charge is -2.29. The number of benzene rings is 1. The molecule has 0 radical (unpaired) electrons. The molecule has 2 heterocycles. The summed E-state index contributed by atoms with van der Waals surface area (Å²) in [7, 11) is 0. The van der Waals surface area contributed by atoms with Crippen molar-refractivity contribution in [3.8, 4) is 0 Å². The molecule has 1 aromatic heterocycles. The van der Waals surface area contributed by atoms with Crippen LogP contribution in [0.15, 0.2) is 36.4 Å². The SMILES string of the molecule is Cc1ccc(Nc2ccc(N3CCNCC3)cc2)nc1Cl. The van der Waals surface area contributed by atoms with Gasteiger partial charge in [-0.25, -0.2) is 4.98 Å². The number of nitrogens with one attached hydrogen (secondary N) is 2. The van der Waals surface area contributed by atoms with Crippen LogP contribution in [0.4, 0.5) is 17.2 Å². The highest BCUT2D eigenvalue weighted by Gasteiger charge is 2.10. The van der Waals surface area contributed by atoms with Gasteiger partial charge in [-0.2, -0.15) is 0 Å². The number of aryl methyl sites for hydroxylation is 1. The monoisotopic (exact) mass is 302 g/mol. The molecule has 0 atom stereocenters. The van der Waals surface area contributed by atoms with Crippen molar-refractivity contribution in [1.29, 1.82) is 0 Å². The van der Waals surface area contributed by atoms with Crippen molar-refractivity contribution in [2.45, 2.75) is 6.92 Å². The average molecular weight is 303 g/mol. The van der Waals surface area contributed by atoms with Crippen molar-refractivity contribution >= 4 is 28.8 Å². The number of halogens is 1. The first-order valence-corrected chi connectivity index (χ1v) is 7.56. The van der Waals surface area contributed by atoms with Gasteiger partial charge in [0.25, 0.3) is 0 Å². The van der Waals surface area contributed by atoms with Gasteiger partial charge in [-0.1, -0.05) is 17.7 Å². The molecule has 0 bridgehead atoms. The number of hydrogen-bond donors (Lipinski definition) is 2. The summed E-state index contributed by atoms with van der Waals surface area (Å²) in [6.45, 7) is 6.16. The summed E-state index contributed by atoms with van der Waals surface area (Å²) in [5, 5.41) is 7.18. The van der Waals surface area contributed by atoms with Crippen LogP contribution in [0.3, 0.4) is 0 Å². The fourth-order valence-electron chi connectivity index (χ4n) is 2.40. The Kier molecular flexibility index (Phi) is 4.27. The van der Waals surface area contributed by atoms with Gasteiger partial charge in [0.05, 0.1) is 0 Å². The molecule has 5 heteroatoms. The highest BCUT2D eigenvalue weighted by molar-refractivity contribution is 6.30. The van der Waals surface area contributed by atoms with Crippen LogP contribution in [0.5, 0.6) is 0 Å². The zero-order chi connectivity index (χ0) is 14.7. The largest absolute Gasteiger partial charge is 0.369 e. The van der Waals surface area contributed by atoms with Crippen molar-refractivity contribution in [3.63, 3.8) is 0 Å². The van der Waals surface area contributed by atoms with E-state index in [4.69, 9.17) is 11.6 Å². The lowest BCUT2D eigenvalue weighted by molar-refractivity contribution is 0.589. The van der Waals surface area contributed by atoms with E-state index in [0.717, 1.165) is 43.2 Å². The minimum absolute atomic E-state index is 0.539. The normalized spacial score (nSPS) is 15.0. The van der Waals surface area contributed by atoms with Crippen molar-refractivity contribution < 1.29 is 0 Å². The summed E-state index contributed by atoms with van der Waals surface area (Å²) in [6.07, 6.45) is 0. The second kappa shape index (κ2) is 6.33. The van der Waals surface area contributed by atoms with E-state index >= 15 is 0 Å². The molecular formula is C16H19ClN4. The highest BCUT2D eigenvalue weighted by Crippen LogP contribution is 2.22. The summed E-state index contributed by atoms with van der Waals surface area (Å²) in [6, 6.07) is 12.3. The maximum Gasteiger partial charge on any atom is 0.134 e. The van der Waals surface area contributed by atoms with Crippen LogP contribution in [0.25, 0.3) is 0 Å². The van der Waals surface area contributed by atoms with Gasteiger partial charge in [0.2, 0.25) is 0 Å². The van der Waals surface area contributed by atoms with E-state index in [1.807, 2.05) is 19.1 Å². The Balaban J connectivity index is 1.70. The van der Waals surface area contributed by atoms with E-state index in [0.29, 0.717) is 5.15 Å². The van der Waals surface area contributed by atoms with Gasteiger partial charge >= 0.3 is 0 Å². The fraction of sp³-hybridized carbons (Fsp3) is 0.312. The molecule has 1 fully saturated rings. The molecule has 1 aliphatic heterocycles. The number of piperazine rings is 1. The topological polar surface area (TPSA) is 40.2 Å². The van der Waals surface area contributed by atoms with Gasteiger partial charge in [0.1, 0.15) is 11.0 Å². The molecule has 21 heavy (non-hydrogen) atoms. The van der Waals surface area contributed by atoms with E-state index in [9.17, 15) is 0 Å². The first-order chi connectivity index (χ1) is 10.2. The second-order valence-electron chi connectivity index (χ2n) is 5.21. The number of aromatic nitrogens is 1. The Morgan fingerprint density at radius 3 is 2.48 bits per heavy atom. The number of hydrogen-bond acceptors (Lipinski definition) is 4. The smallest absolute Gasteiger partial charge is 0.134 e. The van der Waals surface area contributed by atoms with Crippen LogP contribution in [0.1, 0.15) is 5.56 Å². The van der Waals surface area contributed by atoms with Crippen molar-refractivity contribution in [2.24, 2.45) is 0 Å². The Labute approximate surface area is 130 Å². The van der Waals surface area contributed by atoms with Gasteiger partial charge in [-0.3, -0.25) is 0 Å². The Hall–Kier alpha value is -1.78. The number of rotatable bonds is 3. The van der Waals surface area contributed by atoms with Crippen molar-refractivity contribution in [3.05, 3.63) is 47.1 Å². The molecule has 4 nitrogen and oxygen atoms in total. The third-order valence-electron chi connectivity index (χ3n) is 3.66. The molecule has 2 aromatic rings. The van der Waals surface area contributed by atoms with Crippen LogP contribution in [0.2, 0.25) is 5.15 Å². The Morgan fingerprint density at radius 2 is 1.81 bits per heavy atom. The summed E-state index contributed by atoms with van der Waals surface area (Å²) in [5.41, 5.74) is 3.26. The third kappa shape index (κ3) is 3.46. The number of anilines is 3. The molecule has 0 amide bonds. The van der Waals surface area contributed by atoms with Crippen LogP contribution in [-0.4, -0.2) is 31.2 Å². The molecule has 2 N–H and O–H groups in total. The van der Waals surface area contributed by atoms with E-state index in [1.54, 1.807) is 0 Å². The standard InChI is InChI=1S/C16H19ClN4/c1-12-2-7-15(20-16(12)17)19-13-3-5-14(6-4-13)21-10-8-18-9-11-21/h2-7,18H,8-11H2,1H3,(H,19,20). The molecule has 0 saturated carbocycles. The molecular weight excluding hydrogens is 284 g/mol. The molecule has 0 unspecified atom stereocenters. The van der Waals surface area contributed by atoms with Crippen LogP contribution >= 0.6 is 11.6 Å². The minimum Gasteiger partial charge on any atom is -0.369 e. The first-order valence-electron chi connectivity index (χ1n) is 7.18. The maximum atomic E-state index is 6.04. The third-order valence-corrected chi connectivity index (χ3v) is 4.04. The zero-order valence-electron chi connectivity index (χ0n) is 12.1. The van der Waals surface area contributed by atoms with Gasteiger partial charge in [0.15, 0.2) is 0 Å².